The minimum atomic E-state index is -4.87. The van der Waals surface area contributed by atoms with Crippen molar-refractivity contribution in [1.82, 2.24) is 5.32 Å². The van der Waals surface area contributed by atoms with Crippen molar-refractivity contribution in [1.29, 1.82) is 5.26 Å². The molecular weight excluding hydrogens is 185 g/mol. The summed E-state index contributed by atoms with van der Waals surface area (Å²) in [5, 5.41) is 9.92. The number of nitriles is 1. The van der Waals surface area contributed by atoms with Crippen LogP contribution < -0.4 is 5.32 Å². The van der Waals surface area contributed by atoms with Gasteiger partial charge in [-0.15, -0.1) is 0 Å². The minimum Gasteiger partial charge on any atom is -0.345 e. The van der Waals surface area contributed by atoms with E-state index in [2.05, 4.69) is 0 Å². The predicted molar refractivity (Wildman–Crippen MR) is 38.5 cm³/mol. The normalized spacial score (nSPS) is 13.2. The zero-order valence-corrected chi connectivity index (χ0v) is 6.98. The summed E-state index contributed by atoms with van der Waals surface area (Å²) in [6.45, 7) is 1.60. The van der Waals surface area contributed by atoms with Crippen LogP contribution in [0.2, 0.25) is 0 Å². The molecule has 0 saturated heterocycles. The summed E-state index contributed by atoms with van der Waals surface area (Å²) in [4.78, 5) is 10.4. The van der Waals surface area contributed by atoms with Crippen molar-refractivity contribution < 1.29 is 18.0 Å². The molecule has 1 atom stereocenters. The van der Waals surface area contributed by atoms with Crippen molar-refractivity contribution in [2.24, 2.45) is 0 Å². The fraction of sp³-hybridized carbons (Fsp3) is 0.714. The molecule has 0 aliphatic heterocycles. The van der Waals surface area contributed by atoms with Crippen LogP contribution >= 0.6 is 0 Å². The van der Waals surface area contributed by atoms with Gasteiger partial charge < -0.3 is 5.32 Å². The van der Waals surface area contributed by atoms with Gasteiger partial charge in [0.2, 0.25) is 0 Å². The smallest absolute Gasteiger partial charge is 0.345 e. The standard InChI is InChI=1S/C7H9F3N2O/c1-2-5(3-4-11)12-6(13)7(8,9)10/h5H,2-3H2,1H3,(H,12,13). The maximum absolute atomic E-state index is 11.7. The van der Waals surface area contributed by atoms with E-state index in [9.17, 15) is 18.0 Å². The van der Waals surface area contributed by atoms with E-state index < -0.39 is 18.1 Å². The van der Waals surface area contributed by atoms with Gasteiger partial charge in [0, 0.05) is 6.04 Å². The van der Waals surface area contributed by atoms with Gasteiger partial charge in [0.05, 0.1) is 12.5 Å². The summed E-state index contributed by atoms with van der Waals surface area (Å²) in [5.41, 5.74) is 0. The molecule has 0 aromatic carbocycles. The van der Waals surface area contributed by atoms with Crippen LogP contribution in [0.15, 0.2) is 0 Å². The quantitative estimate of drug-likeness (QED) is 0.737. The first kappa shape index (κ1) is 11.8. The van der Waals surface area contributed by atoms with E-state index in [-0.39, 0.29) is 6.42 Å². The molecule has 0 aromatic heterocycles. The van der Waals surface area contributed by atoms with Crippen molar-refractivity contribution in [3.8, 4) is 6.07 Å². The molecule has 0 bridgehead atoms. The Morgan fingerprint density at radius 1 is 1.62 bits per heavy atom. The maximum atomic E-state index is 11.7. The molecule has 3 nitrogen and oxygen atoms in total. The van der Waals surface area contributed by atoms with Gasteiger partial charge in [0.1, 0.15) is 0 Å². The number of alkyl halides is 3. The first-order valence-electron chi connectivity index (χ1n) is 3.66. The molecule has 1 N–H and O–H groups in total. The number of halogens is 3. The number of nitrogens with zero attached hydrogens (tertiary/aromatic N) is 1. The van der Waals surface area contributed by atoms with E-state index in [4.69, 9.17) is 5.26 Å². The number of rotatable bonds is 3. The number of hydrogen-bond acceptors (Lipinski definition) is 2. The highest BCUT2D eigenvalue weighted by molar-refractivity contribution is 5.81. The molecule has 1 unspecified atom stereocenters. The summed E-state index contributed by atoms with van der Waals surface area (Å²) in [6.07, 6.45) is -4.68. The van der Waals surface area contributed by atoms with Gasteiger partial charge in [0.15, 0.2) is 0 Å². The molecule has 0 aliphatic carbocycles. The van der Waals surface area contributed by atoms with Gasteiger partial charge in [-0.1, -0.05) is 6.92 Å². The molecule has 0 radical (unpaired) electrons. The number of amides is 1. The molecule has 0 fully saturated rings. The summed E-state index contributed by atoms with van der Waals surface area (Å²) in [6, 6.07) is 0.970. The number of carbonyl (C=O) groups excluding carboxylic acids is 1. The van der Waals surface area contributed by atoms with Crippen molar-refractivity contribution in [3.63, 3.8) is 0 Å². The third kappa shape index (κ3) is 4.35. The molecule has 0 aromatic rings. The zero-order chi connectivity index (χ0) is 10.5. The monoisotopic (exact) mass is 194 g/mol. The molecule has 0 spiro atoms. The highest BCUT2D eigenvalue weighted by atomic mass is 19.4. The Kier molecular flexibility index (Phi) is 4.25. The van der Waals surface area contributed by atoms with Gasteiger partial charge in [-0.05, 0) is 6.42 Å². The third-order valence-corrected chi connectivity index (χ3v) is 1.42. The Morgan fingerprint density at radius 2 is 2.15 bits per heavy atom. The molecular formula is C7H9F3N2O. The average Bonchev–Trinajstić information content (AvgIpc) is 2.01. The van der Waals surface area contributed by atoms with Crippen LogP contribution in [-0.2, 0) is 4.79 Å². The minimum absolute atomic E-state index is 0.113. The van der Waals surface area contributed by atoms with E-state index >= 15 is 0 Å². The first-order chi connectivity index (χ1) is 5.91. The van der Waals surface area contributed by atoms with E-state index in [0.717, 1.165) is 0 Å². The van der Waals surface area contributed by atoms with Crippen LogP contribution in [0.25, 0.3) is 0 Å². The Labute approximate surface area is 73.5 Å². The first-order valence-corrected chi connectivity index (χ1v) is 3.66. The second-order valence-electron chi connectivity index (χ2n) is 2.44. The SMILES string of the molecule is CCC(CC#N)NC(=O)C(F)(F)F. The van der Waals surface area contributed by atoms with Crippen molar-refractivity contribution in [3.05, 3.63) is 0 Å². The lowest BCUT2D eigenvalue weighted by atomic mass is 10.1. The Hall–Kier alpha value is -1.25. The summed E-state index contributed by atoms with van der Waals surface area (Å²) < 4.78 is 35.1. The third-order valence-electron chi connectivity index (χ3n) is 1.42. The Balaban J connectivity index is 4.11. The maximum Gasteiger partial charge on any atom is 0.471 e. The molecule has 0 saturated carbocycles. The molecule has 0 aliphatic rings. The zero-order valence-electron chi connectivity index (χ0n) is 6.98. The van der Waals surface area contributed by atoms with Crippen LogP contribution in [-0.4, -0.2) is 18.1 Å². The predicted octanol–water partition coefficient (Wildman–Crippen LogP) is 1.36. The molecule has 0 heterocycles. The van der Waals surface area contributed by atoms with Crippen molar-refractivity contribution in [2.75, 3.05) is 0 Å². The molecule has 13 heavy (non-hydrogen) atoms. The molecule has 74 valence electrons. The van der Waals surface area contributed by atoms with Crippen LogP contribution in [0.3, 0.4) is 0 Å². The highest BCUT2D eigenvalue weighted by Gasteiger charge is 2.39. The Bertz CT molecular complexity index is 219. The lowest BCUT2D eigenvalue weighted by Gasteiger charge is -2.14. The van der Waals surface area contributed by atoms with Crippen molar-refractivity contribution >= 4 is 5.91 Å². The lowest BCUT2D eigenvalue weighted by molar-refractivity contribution is -0.174. The van der Waals surface area contributed by atoms with Crippen LogP contribution in [0.4, 0.5) is 13.2 Å². The fourth-order valence-electron chi connectivity index (χ4n) is 0.675. The van der Waals surface area contributed by atoms with Crippen LogP contribution in [0.5, 0.6) is 0 Å². The Morgan fingerprint density at radius 3 is 2.46 bits per heavy atom. The van der Waals surface area contributed by atoms with Gasteiger partial charge in [-0.3, -0.25) is 4.79 Å². The lowest BCUT2D eigenvalue weighted by Crippen LogP contribution is -2.42. The molecule has 0 rings (SSSR count). The van der Waals surface area contributed by atoms with Gasteiger partial charge in [0.25, 0.3) is 0 Å². The van der Waals surface area contributed by atoms with E-state index in [1.54, 1.807) is 18.3 Å². The van der Waals surface area contributed by atoms with Gasteiger partial charge in [-0.2, -0.15) is 18.4 Å². The summed E-state index contributed by atoms with van der Waals surface area (Å²) >= 11 is 0. The topological polar surface area (TPSA) is 52.9 Å². The molecule has 1 amide bonds. The summed E-state index contributed by atoms with van der Waals surface area (Å²) in [7, 11) is 0. The van der Waals surface area contributed by atoms with E-state index in [1.165, 1.54) is 0 Å². The highest BCUT2D eigenvalue weighted by Crippen LogP contribution is 2.15. The van der Waals surface area contributed by atoms with Crippen LogP contribution in [0, 0.1) is 11.3 Å². The average molecular weight is 194 g/mol. The largest absolute Gasteiger partial charge is 0.471 e. The van der Waals surface area contributed by atoms with E-state index in [1.807, 2.05) is 0 Å². The number of hydrogen-bond donors (Lipinski definition) is 1. The van der Waals surface area contributed by atoms with Gasteiger partial charge >= 0.3 is 12.1 Å². The number of nitrogens with one attached hydrogen (secondary N) is 1. The van der Waals surface area contributed by atoms with Crippen molar-refractivity contribution in [2.45, 2.75) is 32.0 Å². The van der Waals surface area contributed by atoms with Crippen LogP contribution in [0.1, 0.15) is 19.8 Å². The van der Waals surface area contributed by atoms with E-state index in [0.29, 0.717) is 6.42 Å². The second-order valence-corrected chi connectivity index (χ2v) is 2.44. The fourth-order valence-corrected chi connectivity index (χ4v) is 0.675. The second kappa shape index (κ2) is 4.70. The van der Waals surface area contributed by atoms with Gasteiger partial charge in [-0.25, -0.2) is 0 Å². The molecule has 6 heteroatoms. The number of carbonyl (C=O) groups is 1. The summed E-state index contributed by atoms with van der Waals surface area (Å²) in [5.74, 6) is -1.99.